The molecule has 1 unspecified atom stereocenters. The Morgan fingerprint density at radius 2 is 2.32 bits per heavy atom. The minimum absolute atomic E-state index is 0.552. The van der Waals surface area contributed by atoms with E-state index in [1.165, 1.54) is 24.3 Å². The lowest BCUT2D eigenvalue weighted by Crippen LogP contribution is -2.41. The zero-order chi connectivity index (χ0) is 13.2. The smallest absolute Gasteiger partial charge is 0.129 e. The summed E-state index contributed by atoms with van der Waals surface area (Å²) >= 11 is 8.27. The van der Waals surface area contributed by atoms with Crippen LogP contribution in [0, 0.1) is 0 Å². The fourth-order valence-electron chi connectivity index (χ4n) is 2.35. The zero-order valence-corrected chi connectivity index (χ0v) is 12.8. The molecule has 0 spiro atoms. The van der Waals surface area contributed by atoms with E-state index < -0.39 is 0 Å². The van der Waals surface area contributed by atoms with Crippen molar-refractivity contribution in [3.8, 4) is 0 Å². The molecule has 5 heteroatoms. The lowest BCUT2D eigenvalue weighted by molar-refractivity contribution is 0.661. The molecule has 2 aliphatic rings. The third-order valence-electron chi connectivity index (χ3n) is 3.70. The van der Waals surface area contributed by atoms with Crippen molar-refractivity contribution >= 4 is 29.2 Å². The Labute approximate surface area is 124 Å². The number of pyridine rings is 1. The van der Waals surface area contributed by atoms with E-state index in [-0.39, 0.29) is 0 Å². The van der Waals surface area contributed by atoms with Crippen LogP contribution in [-0.2, 0) is 6.54 Å². The summed E-state index contributed by atoms with van der Waals surface area (Å²) in [5, 5.41) is 4.26. The van der Waals surface area contributed by atoms with Crippen LogP contribution in [0.25, 0.3) is 0 Å². The number of thioether (sulfide) groups is 1. The van der Waals surface area contributed by atoms with Crippen LogP contribution in [0.3, 0.4) is 0 Å². The summed E-state index contributed by atoms with van der Waals surface area (Å²) in [5.41, 5.74) is 0.983. The minimum atomic E-state index is 0.552. The van der Waals surface area contributed by atoms with Gasteiger partial charge in [0.25, 0.3) is 0 Å². The first-order chi connectivity index (χ1) is 9.24. The van der Waals surface area contributed by atoms with Crippen molar-refractivity contribution in [2.75, 3.05) is 23.0 Å². The molecule has 2 fully saturated rings. The Bertz CT molecular complexity index is 450. The van der Waals surface area contributed by atoms with Gasteiger partial charge in [0.2, 0.25) is 0 Å². The number of hydrogen-bond donors (Lipinski definition) is 1. The Morgan fingerprint density at radius 1 is 1.47 bits per heavy atom. The number of aromatic nitrogens is 1. The summed E-state index contributed by atoms with van der Waals surface area (Å²) in [5.74, 6) is 3.44. The van der Waals surface area contributed by atoms with Gasteiger partial charge in [-0.3, -0.25) is 0 Å². The van der Waals surface area contributed by atoms with Crippen LogP contribution < -0.4 is 10.2 Å². The van der Waals surface area contributed by atoms with Gasteiger partial charge >= 0.3 is 0 Å². The van der Waals surface area contributed by atoms with Gasteiger partial charge < -0.3 is 10.2 Å². The number of nitrogens with one attached hydrogen (secondary N) is 1. The number of halogens is 1. The lowest BCUT2D eigenvalue weighted by Gasteiger charge is -2.34. The molecule has 1 atom stereocenters. The SMILES string of the molecule is CC1CSCCN1c1ccc(Cl)c(CNC2CC2)n1. The highest BCUT2D eigenvalue weighted by Crippen LogP contribution is 2.26. The first kappa shape index (κ1) is 13.5. The number of hydrogen-bond acceptors (Lipinski definition) is 4. The molecule has 1 aromatic heterocycles. The van der Waals surface area contributed by atoms with Crippen molar-refractivity contribution in [3.63, 3.8) is 0 Å². The maximum atomic E-state index is 6.25. The Morgan fingerprint density at radius 3 is 3.05 bits per heavy atom. The second kappa shape index (κ2) is 5.90. The molecule has 1 aliphatic heterocycles. The predicted molar refractivity (Wildman–Crippen MR) is 83.2 cm³/mol. The zero-order valence-electron chi connectivity index (χ0n) is 11.2. The predicted octanol–water partition coefficient (Wildman–Crippen LogP) is 2.93. The van der Waals surface area contributed by atoms with Gasteiger partial charge in [-0.1, -0.05) is 11.6 Å². The van der Waals surface area contributed by atoms with Crippen molar-refractivity contribution in [2.24, 2.45) is 0 Å². The molecule has 3 rings (SSSR count). The lowest BCUT2D eigenvalue weighted by atomic mass is 10.2. The Kier molecular flexibility index (Phi) is 4.20. The van der Waals surface area contributed by atoms with E-state index in [4.69, 9.17) is 16.6 Å². The molecular formula is C14H20ClN3S. The third-order valence-corrected chi connectivity index (χ3v) is 5.23. The summed E-state index contributed by atoms with van der Waals surface area (Å²) in [6, 6.07) is 5.28. The molecule has 0 radical (unpaired) electrons. The van der Waals surface area contributed by atoms with E-state index in [9.17, 15) is 0 Å². The first-order valence-electron chi connectivity index (χ1n) is 6.97. The van der Waals surface area contributed by atoms with E-state index in [1.54, 1.807) is 0 Å². The largest absolute Gasteiger partial charge is 0.352 e. The van der Waals surface area contributed by atoms with E-state index in [0.717, 1.165) is 29.6 Å². The summed E-state index contributed by atoms with van der Waals surface area (Å²) in [7, 11) is 0. The summed E-state index contributed by atoms with van der Waals surface area (Å²) in [6.07, 6.45) is 2.58. The molecule has 0 bridgehead atoms. The average Bonchev–Trinajstić information content (AvgIpc) is 3.23. The van der Waals surface area contributed by atoms with Crippen LogP contribution >= 0.6 is 23.4 Å². The van der Waals surface area contributed by atoms with Crippen LogP contribution in [0.2, 0.25) is 5.02 Å². The molecule has 0 amide bonds. The molecule has 0 aromatic carbocycles. The van der Waals surface area contributed by atoms with E-state index in [0.29, 0.717) is 12.1 Å². The molecule has 3 nitrogen and oxygen atoms in total. The Hall–Kier alpha value is -0.450. The van der Waals surface area contributed by atoms with Crippen molar-refractivity contribution in [1.82, 2.24) is 10.3 Å². The van der Waals surface area contributed by atoms with E-state index in [2.05, 4.69) is 23.2 Å². The van der Waals surface area contributed by atoms with E-state index in [1.807, 2.05) is 17.8 Å². The maximum absolute atomic E-state index is 6.25. The standard InChI is InChI=1S/C14H20ClN3S/c1-10-9-19-7-6-18(10)14-5-4-12(15)13(17-14)8-16-11-2-3-11/h4-5,10-11,16H,2-3,6-9H2,1H3. The van der Waals surface area contributed by atoms with Crippen LogP contribution in [0.4, 0.5) is 5.82 Å². The quantitative estimate of drug-likeness (QED) is 0.925. The van der Waals surface area contributed by atoms with Gasteiger partial charge in [0, 0.05) is 36.7 Å². The average molecular weight is 298 g/mol. The molecule has 19 heavy (non-hydrogen) atoms. The van der Waals surface area contributed by atoms with Crippen molar-refractivity contribution < 1.29 is 0 Å². The number of anilines is 1. The fraction of sp³-hybridized carbons (Fsp3) is 0.643. The molecule has 1 saturated carbocycles. The van der Waals surface area contributed by atoms with Gasteiger partial charge in [-0.05, 0) is 31.9 Å². The van der Waals surface area contributed by atoms with Crippen LogP contribution in [0.1, 0.15) is 25.5 Å². The number of rotatable bonds is 4. The third kappa shape index (κ3) is 3.36. The van der Waals surface area contributed by atoms with Gasteiger partial charge in [0.05, 0.1) is 10.7 Å². The molecule has 2 heterocycles. The maximum Gasteiger partial charge on any atom is 0.129 e. The van der Waals surface area contributed by atoms with Gasteiger partial charge in [0.1, 0.15) is 5.82 Å². The topological polar surface area (TPSA) is 28.2 Å². The molecule has 1 aliphatic carbocycles. The van der Waals surface area contributed by atoms with Crippen molar-refractivity contribution in [2.45, 2.75) is 38.4 Å². The second-order valence-corrected chi connectivity index (χ2v) is 6.93. The minimum Gasteiger partial charge on any atom is -0.352 e. The van der Waals surface area contributed by atoms with Crippen LogP contribution in [0.5, 0.6) is 0 Å². The number of nitrogens with zero attached hydrogens (tertiary/aromatic N) is 2. The second-order valence-electron chi connectivity index (χ2n) is 5.37. The monoisotopic (exact) mass is 297 g/mol. The molecule has 104 valence electrons. The van der Waals surface area contributed by atoms with Gasteiger partial charge in [-0.15, -0.1) is 0 Å². The summed E-state index contributed by atoms with van der Waals surface area (Å²) in [6.45, 7) is 4.13. The summed E-state index contributed by atoms with van der Waals surface area (Å²) in [4.78, 5) is 7.16. The summed E-state index contributed by atoms with van der Waals surface area (Å²) < 4.78 is 0. The molecule has 1 saturated heterocycles. The fourth-order valence-corrected chi connectivity index (χ4v) is 3.54. The first-order valence-corrected chi connectivity index (χ1v) is 8.50. The molecule has 1 N–H and O–H groups in total. The van der Waals surface area contributed by atoms with Crippen LogP contribution in [-0.4, -0.2) is 35.1 Å². The van der Waals surface area contributed by atoms with Gasteiger partial charge in [-0.25, -0.2) is 4.98 Å². The Balaban J connectivity index is 1.74. The van der Waals surface area contributed by atoms with E-state index >= 15 is 0 Å². The highest BCUT2D eigenvalue weighted by atomic mass is 35.5. The van der Waals surface area contributed by atoms with Gasteiger partial charge in [-0.2, -0.15) is 11.8 Å². The van der Waals surface area contributed by atoms with Gasteiger partial charge in [0.15, 0.2) is 0 Å². The van der Waals surface area contributed by atoms with Crippen molar-refractivity contribution in [3.05, 3.63) is 22.8 Å². The normalized spacial score (nSPS) is 23.7. The highest BCUT2D eigenvalue weighted by molar-refractivity contribution is 7.99. The molecular weight excluding hydrogens is 278 g/mol. The highest BCUT2D eigenvalue weighted by Gasteiger charge is 2.22. The van der Waals surface area contributed by atoms with Crippen LogP contribution in [0.15, 0.2) is 12.1 Å². The van der Waals surface area contributed by atoms with Crippen molar-refractivity contribution in [1.29, 1.82) is 0 Å². The molecule has 1 aromatic rings.